The van der Waals surface area contributed by atoms with Crippen molar-refractivity contribution < 1.29 is 4.79 Å². The van der Waals surface area contributed by atoms with Gasteiger partial charge in [0.05, 0.1) is 6.07 Å². The highest BCUT2D eigenvalue weighted by atomic mass is 32.2. The van der Waals surface area contributed by atoms with E-state index in [1.165, 1.54) is 23.5 Å². The zero-order valence-electron chi connectivity index (χ0n) is 7.27. The number of nitriles is 1. The number of rotatable bonds is 1. The zero-order chi connectivity index (χ0) is 9.84. The third-order valence-corrected chi connectivity index (χ3v) is 3.07. The summed E-state index contributed by atoms with van der Waals surface area (Å²) in [6.07, 6.45) is 3.68. The lowest BCUT2D eigenvalue weighted by atomic mass is 10.1. The number of amidine groups is 1. The summed E-state index contributed by atoms with van der Waals surface area (Å²) in [5.74, 6) is -0.910. The van der Waals surface area contributed by atoms with Gasteiger partial charge in [0.25, 0.3) is 0 Å². The van der Waals surface area contributed by atoms with Crippen LogP contribution in [0.1, 0.15) is 0 Å². The molecule has 1 N–H and O–H groups in total. The van der Waals surface area contributed by atoms with Gasteiger partial charge >= 0.3 is 0 Å². The molecule has 2 unspecified atom stereocenters. The Bertz CT molecular complexity index is 284. The minimum absolute atomic E-state index is 0.249. The predicted octanol–water partition coefficient (Wildman–Crippen LogP) is 0.664. The minimum atomic E-state index is -0.661. The molecule has 0 saturated heterocycles. The fourth-order valence-corrected chi connectivity index (χ4v) is 2.11. The highest BCUT2D eigenvalue weighted by molar-refractivity contribution is 8.13. The first kappa shape index (κ1) is 10.4. The van der Waals surface area contributed by atoms with Crippen LogP contribution in [0.3, 0.4) is 0 Å². The minimum Gasteiger partial charge on any atom is -0.304 e. The summed E-state index contributed by atoms with van der Waals surface area (Å²) in [7, 11) is 0. The average Bonchev–Trinajstić information content (AvgIpc) is 2.16. The number of aliphatic imine (C=N–C) groups is 1. The van der Waals surface area contributed by atoms with Crippen molar-refractivity contribution in [2.75, 3.05) is 12.5 Å². The number of nitrogens with zero attached hydrogens (tertiary/aromatic N) is 2. The van der Waals surface area contributed by atoms with Crippen LogP contribution in [0.25, 0.3) is 0 Å². The van der Waals surface area contributed by atoms with Crippen LogP contribution in [0.15, 0.2) is 4.99 Å². The maximum atomic E-state index is 11.3. The Kier molecular flexibility index (Phi) is 3.63. The standard InChI is InChI=1S/C7H9N3OS2/c1-12-6-4(3-8)5(11)9-7(10-6)13-2/h4,6H,1-2H3,(H,9,10,11). The van der Waals surface area contributed by atoms with Gasteiger partial charge in [0.2, 0.25) is 5.91 Å². The molecule has 0 saturated carbocycles. The van der Waals surface area contributed by atoms with Crippen LogP contribution >= 0.6 is 23.5 Å². The second kappa shape index (κ2) is 4.53. The number of hydrogen-bond acceptors (Lipinski definition) is 5. The van der Waals surface area contributed by atoms with E-state index < -0.39 is 5.92 Å². The molecule has 2 atom stereocenters. The van der Waals surface area contributed by atoms with Crippen LogP contribution in [0, 0.1) is 17.2 Å². The first-order chi connectivity index (χ1) is 6.22. The molecule has 4 nitrogen and oxygen atoms in total. The molecule has 13 heavy (non-hydrogen) atoms. The lowest BCUT2D eigenvalue weighted by molar-refractivity contribution is -0.122. The van der Waals surface area contributed by atoms with E-state index in [4.69, 9.17) is 5.26 Å². The second-order valence-electron chi connectivity index (χ2n) is 2.36. The van der Waals surface area contributed by atoms with Gasteiger partial charge in [0.1, 0.15) is 5.37 Å². The number of carbonyl (C=O) groups excluding carboxylic acids is 1. The quantitative estimate of drug-likeness (QED) is 0.698. The molecule has 0 aromatic rings. The van der Waals surface area contributed by atoms with Crippen LogP contribution in [0.5, 0.6) is 0 Å². The molecule has 0 aliphatic carbocycles. The van der Waals surface area contributed by atoms with Crippen molar-refractivity contribution in [3.05, 3.63) is 0 Å². The summed E-state index contributed by atoms with van der Waals surface area (Å²) in [5.41, 5.74) is 0. The molecule has 0 aromatic heterocycles. The van der Waals surface area contributed by atoms with Gasteiger partial charge in [-0.05, 0) is 12.5 Å². The highest BCUT2D eigenvalue weighted by Crippen LogP contribution is 2.23. The number of amides is 1. The Morgan fingerprint density at radius 3 is 2.77 bits per heavy atom. The molecule has 0 bridgehead atoms. The second-order valence-corrected chi connectivity index (χ2v) is 4.11. The first-order valence-corrected chi connectivity index (χ1v) is 6.09. The molecule has 70 valence electrons. The largest absolute Gasteiger partial charge is 0.304 e. The number of nitrogens with one attached hydrogen (secondary N) is 1. The summed E-state index contributed by atoms with van der Waals surface area (Å²) in [6.45, 7) is 0. The normalized spacial score (nSPS) is 27.5. The Morgan fingerprint density at radius 2 is 2.31 bits per heavy atom. The summed E-state index contributed by atoms with van der Waals surface area (Å²) in [4.78, 5) is 15.5. The number of thioether (sulfide) groups is 2. The van der Waals surface area contributed by atoms with Gasteiger partial charge in [-0.25, -0.2) is 4.99 Å². The third kappa shape index (κ3) is 2.17. The van der Waals surface area contributed by atoms with Gasteiger partial charge < -0.3 is 5.32 Å². The summed E-state index contributed by atoms with van der Waals surface area (Å²) >= 11 is 2.79. The Morgan fingerprint density at radius 1 is 1.62 bits per heavy atom. The molecular formula is C7H9N3OS2. The molecule has 0 radical (unpaired) electrons. The van der Waals surface area contributed by atoms with Crippen LogP contribution in [-0.2, 0) is 4.79 Å². The van der Waals surface area contributed by atoms with Crippen molar-refractivity contribution in [1.82, 2.24) is 5.32 Å². The van der Waals surface area contributed by atoms with Crippen LogP contribution < -0.4 is 5.32 Å². The van der Waals surface area contributed by atoms with Crippen molar-refractivity contribution >= 4 is 34.6 Å². The third-order valence-electron chi connectivity index (χ3n) is 1.62. The lowest BCUT2D eigenvalue weighted by Crippen LogP contribution is -2.42. The van der Waals surface area contributed by atoms with Crippen LogP contribution in [0.2, 0.25) is 0 Å². The van der Waals surface area contributed by atoms with E-state index >= 15 is 0 Å². The molecule has 0 fully saturated rings. The molecule has 0 spiro atoms. The highest BCUT2D eigenvalue weighted by Gasteiger charge is 2.32. The molecule has 1 aliphatic rings. The Labute approximate surface area is 85.2 Å². The van der Waals surface area contributed by atoms with Gasteiger partial charge in [0.15, 0.2) is 11.1 Å². The van der Waals surface area contributed by atoms with E-state index in [-0.39, 0.29) is 11.3 Å². The van der Waals surface area contributed by atoms with Crippen molar-refractivity contribution in [2.24, 2.45) is 10.9 Å². The van der Waals surface area contributed by atoms with E-state index in [0.717, 1.165) is 0 Å². The molecule has 1 aliphatic heterocycles. The van der Waals surface area contributed by atoms with E-state index in [9.17, 15) is 4.79 Å². The predicted molar refractivity (Wildman–Crippen MR) is 55.5 cm³/mol. The fraction of sp³-hybridized carbons (Fsp3) is 0.571. The first-order valence-electron chi connectivity index (χ1n) is 3.58. The average molecular weight is 215 g/mol. The van der Waals surface area contributed by atoms with Gasteiger partial charge in [-0.3, -0.25) is 4.79 Å². The maximum absolute atomic E-state index is 11.3. The zero-order valence-corrected chi connectivity index (χ0v) is 8.91. The number of carbonyl (C=O) groups is 1. The van der Waals surface area contributed by atoms with Gasteiger partial charge in [0, 0.05) is 0 Å². The molecule has 6 heteroatoms. The van der Waals surface area contributed by atoms with Crippen molar-refractivity contribution in [2.45, 2.75) is 5.37 Å². The number of hydrogen-bond donors (Lipinski definition) is 1. The summed E-state index contributed by atoms with van der Waals surface area (Å²) in [6, 6.07) is 1.95. The Balaban J connectivity index is 2.88. The van der Waals surface area contributed by atoms with Gasteiger partial charge in [-0.15, -0.1) is 11.8 Å². The van der Waals surface area contributed by atoms with E-state index in [0.29, 0.717) is 5.17 Å². The van der Waals surface area contributed by atoms with E-state index in [2.05, 4.69) is 10.3 Å². The van der Waals surface area contributed by atoms with Crippen LogP contribution in [0.4, 0.5) is 0 Å². The SMILES string of the molecule is CSC1=NC(SC)C(C#N)C(=O)N1. The van der Waals surface area contributed by atoms with Crippen molar-refractivity contribution in [1.29, 1.82) is 5.26 Å². The lowest BCUT2D eigenvalue weighted by Gasteiger charge is -2.22. The smallest absolute Gasteiger partial charge is 0.246 e. The molecule has 1 rings (SSSR count). The fourth-order valence-electron chi connectivity index (χ4n) is 0.950. The van der Waals surface area contributed by atoms with E-state index in [1.807, 2.05) is 18.6 Å². The summed E-state index contributed by atoms with van der Waals surface area (Å²) < 4.78 is 0. The van der Waals surface area contributed by atoms with Gasteiger partial charge in [-0.1, -0.05) is 11.8 Å². The van der Waals surface area contributed by atoms with Gasteiger partial charge in [-0.2, -0.15) is 5.26 Å². The monoisotopic (exact) mass is 215 g/mol. The Hall–Kier alpha value is -0.670. The molecule has 0 aromatic carbocycles. The summed E-state index contributed by atoms with van der Waals surface area (Å²) in [5, 5.41) is 11.6. The molecular weight excluding hydrogens is 206 g/mol. The van der Waals surface area contributed by atoms with Crippen molar-refractivity contribution in [3.63, 3.8) is 0 Å². The van der Waals surface area contributed by atoms with Crippen molar-refractivity contribution in [3.8, 4) is 6.07 Å². The van der Waals surface area contributed by atoms with E-state index in [1.54, 1.807) is 0 Å². The maximum Gasteiger partial charge on any atom is 0.246 e. The molecule has 1 amide bonds. The molecule has 1 heterocycles. The van der Waals surface area contributed by atoms with Crippen LogP contribution in [-0.4, -0.2) is 29.0 Å². The topological polar surface area (TPSA) is 65.2 Å².